The third-order valence-corrected chi connectivity index (χ3v) is 2.64. The van der Waals surface area contributed by atoms with E-state index in [1.165, 1.54) is 5.57 Å². The summed E-state index contributed by atoms with van der Waals surface area (Å²) >= 11 is 0. The zero-order valence-corrected chi connectivity index (χ0v) is 9.77. The Bertz CT molecular complexity index is 167. The Hall–Kier alpha value is -0.340. The van der Waals surface area contributed by atoms with E-state index in [4.69, 9.17) is 4.74 Å². The molecule has 0 amide bonds. The van der Waals surface area contributed by atoms with E-state index in [-0.39, 0.29) is 11.6 Å². The van der Waals surface area contributed by atoms with Crippen LogP contribution in [0.15, 0.2) is 11.6 Å². The van der Waals surface area contributed by atoms with E-state index in [9.17, 15) is 0 Å². The molecule has 0 fully saturated rings. The molecule has 0 heterocycles. The summed E-state index contributed by atoms with van der Waals surface area (Å²) in [6, 6.07) is 0.285. The highest BCUT2D eigenvalue weighted by Crippen LogP contribution is 2.20. The van der Waals surface area contributed by atoms with Gasteiger partial charge in [0.1, 0.15) is 0 Å². The Kier molecular flexibility index (Phi) is 5.26. The third kappa shape index (κ3) is 3.49. The Morgan fingerprint density at radius 2 is 2.08 bits per heavy atom. The van der Waals surface area contributed by atoms with Crippen molar-refractivity contribution in [1.29, 1.82) is 0 Å². The van der Waals surface area contributed by atoms with Crippen molar-refractivity contribution in [3.05, 3.63) is 11.6 Å². The predicted octanol–water partition coefficient (Wildman–Crippen LogP) is 2.36. The van der Waals surface area contributed by atoms with Crippen molar-refractivity contribution in [2.24, 2.45) is 0 Å². The first-order valence-corrected chi connectivity index (χ1v) is 4.87. The fourth-order valence-electron chi connectivity index (χ4n) is 1.39. The van der Waals surface area contributed by atoms with Gasteiger partial charge in [-0.2, -0.15) is 0 Å². The van der Waals surface area contributed by atoms with Gasteiger partial charge in [0.15, 0.2) is 0 Å². The summed E-state index contributed by atoms with van der Waals surface area (Å²) in [6.07, 6.45) is 3.21. The van der Waals surface area contributed by atoms with Gasteiger partial charge in [-0.3, -0.25) is 0 Å². The molecule has 0 aliphatic heterocycles. The van der Waals surface area contributed by atoms with Crippen LogP contribution in [0.3, 0.4) is 0 Å². The number of hydrogen-bond acceptors (Lipinski definition) is 2. The lowest BCUT2D eigenvalue weighted by Crippen LogP contribution is -2.47. The molecule has 13 heavy (non-hydrogen) atoms. The summed E-state index contributed by atoms with van der Waals surface area (Å²) in [7, 11) is 3.74. The van der Waals surface area contributed by atoms with Crippen LogP contribution in [0.25, 0.3) is 0 Å². The second kappa shape index (κ2) is 5.40. The van der Waals surface area contributed by atoms with Crippen LogP contribution in [-0.2, 0) is 4.74 Å². The van der Waals surface area contributed by atoms with Gasteiger partial charge < -0.3 is 10.1 Å². The number of ether oxygens (including phenoxy) is 1. The lowest BCUT2D eigenvalue weighted by Gasteiger charge is -2.34. The average molecular weight is 185 g/mol. The molecular formula is C11H23NO. The molecule has 0 radical (unpaired) electrons. The number of likely N-dealkylation sites (N-methyl/N-ethyl adjacent to an activating group) is 1. The highest BCUT2D eigenvalue weighted by Gasteiger charge is 2.29. The molecule has 2 nitrogen and oxygen atoms in total. The zero-order chi connectivity index (χ0) is 10.5. The maximum absolute atomic E-state index is 5.53. The van der Waals surface area contributed by atoms with E-state index in [0.717, 1.165) is 6.42 Å². The van der Waals surface area contributed by atoms with Gasteiger partial charge in [-0.15, -0.1) is 0 Å². The first kappa shape index (κ1) is 12.7. The fourth-order valence-corrected chi connectivity index (χ4v) is 1.39. The van der Waals surface area contributed by atoms with E-state index in [0.29, 0.717) is 0 Å². The molecule has 0 bridgehead atoms. The quantitative estimate of drug-likeness (QED) is 0.664. The van der Waals surface area contributed by atoms with Gasteiger partial charge in [0.05, 0.1) is 11.6 Å². The van der Waals surface area contributed by atoms with Gasteiger partial charge in [-0.1, -0.05) is 18.6 Å². The molecule has 0 saturated heterocycles. The predicted molar refractivity (Wildman–Crippen MR) is 58.0 cm³/mol. The molecule has 1 N–H and O–H groups in total. The maximum atomic E-state index is 5.53. The Balaban J connectivity index is 4.63. The molecule has 2 heteroatoms. The van der Waals surface area contributed by atoms with Gasteiger partial charge in [0.2, 0.25) is 0 Å². The lowest BCUT2D eigenvalue weighted by atomic mass is 9.92. The highest BCUT2D eigenvalue weighted by atomic mass is 16.5. The monoisotopic (exact) mass is 185 g/mol. The minimum atomic E-state index is -0.105. The molecule has 0 saturated carbocycles. The van der Waals surface area contributed by atoms with Gasteiger partial charge >= 0.3 is 0 Å². The van der Waals surface area contributed by atoms with Gasteiger partial charge in [-0.25, -0.2) is 0 Å². The molecule has 0 aliphatic carbocycles. The molecule has 0 spiro atoms. The van der Waals surface area contributed by atoms with E-state index in [2.05, 4.69) is 39.1 Å². The Labute approximate surface area is 82.4 Å². The van der Waals surface area contributed by atoms with Crippen molar-refractivity contribution in [2.45, 2.75) is 45.8 Å². The number of allylic oxidation sites excluding steroid dienone is 1. The topological polar surface area (TPSA) is 21.3 Å². The molecule has 0 aliphatic rings. The second-order valence-corrected chi connectivity index (χ2v) is 3.88. The average Bonchev–Trinajstić information content (AvgIpc) is 2.12. The first-order valence-electron chi connectivity index (χ1n) is 4.87. The summed E-state index contributed by atoms with van der Waals surface area (Å²) < 4.78 is 5.53. The summed E-state index contributed by atoms with van der Waals surface area (Å²) in [5.41, 5.74) is 1.21. The van der Waals surface area contributed by atoms with E-state index >= 15 is 0 Å². The van der Waals surface area contributed by atoms with E-state index < -0.39 is 0 Å². The molecule has 2 unspecified atom stereocenters. The Morgan fingerprint density at radius 3 is 2.31 bits per heavy atom. The van der Waals surface area contributed by atoms with Crippen LogP contribution >= 0.6 is 0 Å². The second-order valence-electron chi connectivity index (χ2n) is 3.88. The largest absolute Gasteiger partial charge is 0.377 e. The minimum absolute atomic E-state index is 0.105. The van der Waals surface area contributed by atoms with E-state index in [1.807, 2.05) is 7.05 Å². The summed E-state index contributed by atoms with van der Waals surface area (Å²) in [4.78, 5) is 0. The molecule has 0 aromatic heterocycles. The molecule has 0 aromatic rings. The number of rotatable bonds is 5. The van der Waals surface area contributed by atoms with Crippen molar-refractivity contribution in [2.75, 3.05) is 14.2 Å². The number of hydrogen-bond donors (Lipinski definition) is 1. The van der Waals surface area contributed by atoms with Crippen LogP contribution in [-0.4, -0.2) is 25.8 Å². The molecule has 2 atom stereocenters. The van der Waals surface area contributed by atoms with Crippen molar-refractivity contribution in [3.8, 4) is 0 Å². The highest BCUT2D eigenvalue weighted by molar-refractivity contribution is 5.07. The molecule has 78 valence electrons. The standard InChI is InChI=1S/C11H23NO/c1-7-11(4,13-6)10(12-5)8-9(2)3/h8,10,12H,7H2,1-6H3. The normalized spacial score (nSPS) is 17.7. The van der Waals surface area contributed by atoms with Gasteiger partial charge in [0, 0.05) is 7.11 Å². The maximum Gasteiger partial charge on any atom is 0.0836 e. The number of methoxy groups -OCH3 is 1. The smallest absolute Gasteiger partial charge is 0.0836 e. The van der Waals surface area contributed by atoms with Crippen molar-refractivity contribution < 1.29 is 4.74 Å². The SMILES string of the molecule is CCC(C)(OC)C(C=C(C)C)NC. The third-order valence-electron chi connectivity index (χ3n) is 2.64. The van der Waals surface area contributed by atoms with Crippen LogP contribution < -0.4 is 5.32 Å². The van der Waals surface area contributed by atoms with Crippen molar-refractivity contribution >= 4 is 0 Å². The van der Waals surface area contributed by atoms with Crippen LogP contribution in [0.4, 0.5) is 0 Å². The number of nitrogens with one attached hydrogen (secondary N) is 1. The minimum Gasteiger partial charge on any atom is -0.377 e. The van der Waals surface area contributed by atoms with Crippen LogP contribution in [0.2, 0.25) is 0 Å². The fraction of sp³-hybridized carbons (Fsp3) is 0.818. The summed E-state index contributed by atoms with van der Waals surface area (Å²) in [5.74, 6) is 0. The molecule has 0 aromatic carbocycles. The lowest BCUT2D eigenvalue weighted by molar-refractivity contribution is -0.0146. The van der Waals surface area contributed by atoms with E-state index in [1.54, 1.807) is 7.11 Å². The molecule has 0 rings (SSSR count). The van der Waals surface area contributed by atoms with Crippen molar-refractivity contribution in [1.82, 2.24) is 5.32 Å². The van der Waals surface area contributed by atoms with Crippen molar-refractivity contribution in [3.63, 3.8) is 0 Å². The first-order chi connectivity index (χ1) is 6.00. The summed E-state index contributed by atoms with van der Waals surface area (Å²) in [5, 5.41) is 3.27. The van der Waals surface area contributed by atoms with Gasteiger partial charge in [-0.05, 0) is 34.2 Å². The Morgan fingerprint density at radius 1 is 1.54 bits per heavy atom. The molecular weight excluding hydrogens is 162 g/mol. The zero-order valence-electron chi connectivity index (χ0n) is 9.77. The van der Waals surface area contributed by atoms with Gasteiger partial charge in [0.25, 0.3) is 0 Å². The van der Waals surface area contributed by atoms with Crippen LogP contribution in [0.5, 0.6) is 0 Å². The van der Waals surface area contributed by atoms with Crippen LogP contribution in [0, 0.1) is 0 Å². The summed E-state index contributed by atoms with van der Waals surface area (Å²) in [6.45, 7) is 8.49. The van der Waals surface area contributed by atoms with Crippen LogP contribution in [0.1, 0.15) is 34.1 Å².